The second-order valence-electron chi connectivity index (χ2n) is 8.55. The van der Waals surface area contributed by atoms with Crippen molar-refractivity contribution in [1.82, 2.24) is 4.72 Å². The molecule has 1 fully saturated rings. The minimum absolute atomic E-state index is 0.136. The number of para-hydroxylation sites is 1. The summed E-state index contributed by atoms with van der Waals surface area (Å²) in [5.41, 5.74) is 1.97. The number of rotatable bonds is 8. The molecule has 0 amide bonds. The second kappa shape index (κ2) is 9.50. The molecule has 0 aromatic heterocycles. The zero-order valence-corrected chi connectivity index (χ0v) is 19.2. The molecule has 0 radical (unpaired) electrons. The molecule has 0 aliphatic carbocycles. The molecule has 0 unspecified atom stereocenters. The van der Waals surface area contributed by atoms with Gasteiger partial charge in [0.1, 0.15) is 5.75 Å². The van der Waals surface area contributed by atoms with Gasteiger partial charge in [0.25, 0.3) is 0 Å². The zero-order chi connectivity index (χ0) is 21.8. The van der Waals surface area contributed by atoms with Crippen molar-refractivity contribution in [3.8, 4) is 5.75 Å². The van der Waals surface area contributed by atoms with E-state index >= 15 is 0 Å². The molecule has 30 heavy (non-hydrogen) atoms. The van der Waals surface area contributed by atoms with Gasteiger partial charge in [-0.2, -0.15) is 0 Å². The fourth-order valence-corrected chi connectivity index (χ4v) is 5.33. The molecule has 2 aromatic rings. The van der Waals surface area contributed by atoms with E-state index in [9.17, 15) is 8.42 Å². The molecular formula is C24H33NO4S. The monoisotopic (exact) mass is 431 g/mol. The number of benzene rings is 2. The number of aryl methyl sites for hydroxylation is 1. The van der Waals surface area contributed by atoms with Crippen LogP contribution in [0, 0.1) is 12.8 Å². The lowest BCUT2D eigenvalue weighted by atomic mass is 9.68. The number of sulfonamides is 1. The first-order valence-corrected chi connectivity index (χ1v) is 12.1. The van der Waals surface area contributed by atoms with E-state index in [4.69, 9.17) is 9.47 Å². The molecule has 2 atom stereocenters. The summed E-state index contributed by atoms with van der Waals surface area (Å²) in [6, 6.07) is 15.0. The fourth-order valence-electron chi connectivity index (χ4n) is 4.29. The third-order valence-corrected chi connectivity index (χ3v) is 7.63. The van der Waals surface area contributed by atoms with Crippen molar-refractivity contribution >= 4 is 10.0 Å². The van der Waals surface area contributed by atoms with Crippen LogP contribution in [0.15, 0.2) is 53.4 Å². The van der Waals surface area contributed by atoms with Gasteiger partial charge >= 0.3 is 0 Å². The fraction of sp³-hybridized carbons (Fsp3) is 0.500. The normalized spacial score (nSPS) is 22.2. The highest BCUT2D eigenvalue weighted by molar-refractivity contribution is 7.89. The Labute approximate surface area is 180 Å². The van der Waals surface area contributed by atoms with Crippen LogP contribution in [0.25, 0.3) is 0 Å². The Morgan fingerprint density at radius 3 is 2.53 bits per heavy atom. The van der Waals surface area contributed by atoms with E-state index in [-0.39, 0.29) is 11.5 Å². The van der Waals surface area contributed by atoms with E-state index in [2.05, 4.69) is 24.6 Å². The van der Waals surface area contributed by atoms with Gasteiger partial charge in [-0.15, -0.1) is 0 Å². The summed E-state index contributed by atoms with van der Waals surface area (Å²) in [6.45, 7) is 7.30. The van der Waals surface area contributed by atoms with Gasteiger partial charge in [-0.1, -0.05) is 49.7 Å². The van der Waals surface area contributed by atoms with Gasteiger partial charge in [0.05, 0.1) is 18.1 Å². The van der Waals surface area contributed by atoms with Crippen LogP contribution in [0.4, 0.5) is 0 Å². The largest absolute Gasteiger partial charge is 0.496 e. The van der Waals surface area contributed by atoms with Gasteiger partial charge < -0.3 is 9.47 Å². The average molecular weight is 432 g/mol. The van der Waals surface area contributed by atoms with Crippen molar-refractivity contribution in [1.29, 1.82) is 0 Å². The second-order valence-corrected chi connectivity index (χ2v) is 10.3. The number of ether oxygens (including phenoxy) is 2. The predicted octanol–water partition coefficient (Wildman–Crippen LogP) is 4.45. The molecule has 0 bridgehead atoms. The lowest BCUT2D eigenvalue weighted by molar-refractivity contribution is -0.0470. The highest BCUT2D eigenvalue weighted by Crippen LogP contribution is 2.45. The van der Waals surface area contributed by atoms with Crippen LogP contribution in [0.1, 0.15) is 44.2 Å². The highest BCUT2D eigenvalue weighted by Gasteiger charge is 2.41. The number of hydrogen-bond donors (Lipinski definition) is 1. The predicted molar refractivity (Wildman–Crippen MR) is 119 cm³/mol. The van der Waals surface area contributed by atoms with Crippen molar-refractivity contribution < 1.29 is 17.9 Å². The minimum Gasteiger partial charge on any atom is -0.496 e. The molecule has 164 valence electrons. The summed E-state index contributed by atoms with van der Waals surface area (Å²) in [6.07, 6.45) is 2.50. The smallest absolute Gasteiger partial charge is 0.240 e. The van der Waals surface area contributed by atoms with Crippen LogP contribution in [0.3, 0.4) is 0 Å². The van der Waals surface area contributed by atoms with E-state index in [1.807, 2.05) is 37.3 Å². The van der Waals surface area contributed by atoms with Gasteiger partial charge in [0, 0.05) is 24.1 Å². The molecule has 5 nitrogen and oxygen atoms in total. The third kappa shape index (κ3) is 5.05. The number of hydrogen-bond acceptors (Lipinski definition) is 4. The summed E-state index contributed by atoms with van der Waals surface area (Å²) < 4.78 is 40.0. The molecule has 1 N–H and O–H groups in total. The molecular weight excluding hydrogens is 398 g/mol. The van der Waals surface area contributed by atoms with E-state index in [0.717, 1.165) is 29.7 Å². The Morgan fingerprint density at radius 1 is 1.17 bits per heavy atom. The van der Waals surface area contributed by atoms with E-state index in [1.54, 1.807) is 19.2 Å². The highest BCUT2D eigenvalue weighted by atomic mass is 32.2. The van der Waals surface area contributed by atoms with E-state index in [1.165, 1.54) is 0 Å². The summed E-state index contributed by atoms with van der Waals surface area (Å²) in [4.78, 5) is 0.298. The van der Waals surface area contributed by atoms with Crippen molar-refractivity contribution in [2.24, 2.45) is 5.92 Å². The van der Waals surface area contributed by atoms with Gasteiger partial charge in [-0.25, -0.2) is 13.1 Å². The van der Waals surface area contributed by atoms with Crippen molar-refractivity contribution in [3.63, 3.8) is 0 Å². The van der Waals surface area contributed by atoms with Gasteiger partial charge in [0.2, 0.25) is 10.0 Å². The van der Waals surface area contributed by atoms with Crippen LogP contribution in [-0.2, 0) is 20.2 Å². The Kier molecular flexibility index (Phi) is 7.22. The van der Waals surface area contributed by atoms with Crippen LogP contribution >= 0.6 is 0 Å². The van der Waals surface area contributed by atoms with Crippen LogP contribution in [-0.4, -0.2) is 34.8 Å². The van der Waals surface area contributed by atoms with E-state index in [0.29, 0.717) is 30.4 Å². The lowest BCUT2D eigenvalue weighted by Gasteiger charge is -2.43. The van der Waals surface area contributed by atoms with Crippen LogP contribution < -0.4 is 9.46 Å². The van der Waals surface area contributed by atoms with Crippen LogP contribution in [0.2, 0.25) is 0 Å². The van der Waals surface area contributed by atoms with Crippen LogP contribution in [0.5, 0.6) is 5.75 Å². The van der Waals surface area contributed by atoms with Gasteiger partial charge in [-0.3, -0.25) is 0 Å². The molecule has 1 aliphatic rings. The lowest BCUT2D eigenvalue weighted by Crippen LogP contribution is -2.43. The zero-order valence-electron chi connectivity index (χ0n) is 18.4. The van der Waals surface area contributed by atoms with Crippen molar-refractivity contribution in [3.05, 3.63) is 59.7 Å². The van der Waals surface area contributed by atoms with Crippen molar-refractivity contribution in [2.75, 3.05) is 20.3 Å². The summed E-state index contributed by atoms with van der Waals surface area (Å²) in [5, 5.41) is 0. The SMILES string of the molecule is COc1ccccc1[C@@]1(CCNS(=O)(=O)c2ccc(C)cc2)CCO[C@@H](C(C)C)C1. The summed E-state index contributed by atoms with van der Waals surface area (Å²) >= 11 is 0. The van der Waals surface area contributed by atoms with E-state index < -0.39 is 10.0 Å². The van der Waals surface area contributed by atoms with Crippen molar-refractivity contribution in [2.45, 2.75) is 56.4 Å². The molecule has 1 saturated heterocycles. The third-order valence-electron chi connectivity index (χ3n) is 6.15. The quantitative estimate of drug-likeness (QED) is 0.671. The van der Waals surface area contributed by atoms with Gasteiger partial charge in [-0.05, 0) is 50.3 Å². The standard InChI is InChI=1S/C24H33NO4S/c1-18(2)23-17-24(14-16-29-23,21-7-5-6-8-22(21)28-4)13-15-25-30(26,27)20-11-9-19(3)10-12-20/h5-12,18,23,25H,13-17H2,1-4H3/t23-,24+/m1/s1. The number of nitrogens with one attached hydrogen (secondary N) is 1. The number of methoxy groups -OCH3 is 1. The molecule has 1 aliphatic heterocycles. The molecule has 1 heterocycles. The first-order valence-electron chi connectivity index (χ1n) is 10.6. The summed E-state index contributed by atoms with van der Waals surface area (Å²) in [5.74, 6) is 1.24. The molecule has 0 spiro atoms. The Bertz CT molecular complexity index is 940. The molecule has 2 aromatic carbocycles. The summed E-state index contributed by atoms with van der Waals surface area (Å²) in [7, 11) is -1.86. The molecule has 0 saturated carbocycles. The topological polar surface area (TPSA) is 64.6 Å². The first-order chi connectivity index (χ1) is 14.3. The Balaban J connectivity index is 1.84. The maximum Gasteiger partial charge on any atom is 0.240 e. The average Bonchev–Trinajstić information content (AvgIpc) is 2.74. The Morgan fingerprint density at radius 2 is 1.87 bits per heavy atom. The molecule has 3 rings (SSSR count). The maximum atomic E-state index is 12.8. The maximum absolute atomic E-state index is 12.8. The Hall–Kier alpha value is -1.89. The molecule has 6 heteroatoms. The minimum atomic E-state index is -3.54. The van der Waals surface area contributed by atoms with Gasteiger partial charge in [0.15, 0.2) is 0 Å². The first kappa shape index (κ1) is 22.8.